The first-order valence-corrected chi connectivity index (χ1v) is 9.35. The molecule has 2 aliphatic rings. The van der Waals surface area contributed by atoms with E-state index in [2.05, 4.69) is 13.8 Å². The second-order valence-corrected chi connectivity index (χ2v) is 7.34. The first-order chi connectivity index (χ1) is 13.9. The number of ether oxygens (including phenoxy) is 3. The van der Waals surface area contributed by atoms with Crippen molar-refractivity contribution in [3.8, 4) is 17.2 Å². The van der Waals surface area contributed by atoms with Crippen LogP contribution >= 0.6 is 0 Å². The Labute approximate surface area is 168 Å². The number of rotatable bonds is 6. The summed E-state index contributed by atoms with van der Waals surface area (Å²) in [5, 5.41) is 10.3. The second kappa shape index (κ2) is 7.50. The molecule has 2 aromatic rings. The van der Waals surface area contributed by atoms with Crippen LogP contribution in [0.3, 0.4) is 0 Å². The van der Waals surface area contributed by atoms with E-state index in [1.807, 2.05) is 0 Å². The number of fused-ring (bicyclic) bond motifs is 1. The third-order valence-corrected chi connectivity index (χ3v) is 4.65. The maximum atomic E-state index is 12.9. The van der Waals surface area contributed by atoms with Gasteiger partial charge in [-0.05, 0) is 41.3 Å². The van der Waals surface area contributed by atoms with Crippen LogP contribution in [0.1, 0.15) is 25.0 Å². The highest BCUT2D eigenvalue weighted by atomic mass is 16.7. The maximum absolute atomic E-state index is 12.9. The molecule has 2 aliphatic heterocycles. The molecule has 29 heavy (non-hydrogen) atoms. The van der Waals surface area contributed by atoms with E-state index < -0.39 is 17.6 Å². The highest BCUT2D eigenvalue weighted by Gasteiger charge is 2.39. The minimum Gasteiger partial charge on any atom is -0.502 e. The van der Waals surface area contributed by atoms with Gasteiger partial charge < -0.3 is 19.3 Å². The van der Waals surface area contributed by atoms with Gasteiger partial charge in [-0.1, -0.05) is 32.0 Å². The standard InChI is InChI=1S/C22H21NO6/c1-13(2)11-27-16-6-4-15(5-7-16)19-20(24)22(26)23(21(19)25)10-14-3-8-17-18(9-14)29-12-28-17/h3-9,13,24H,10-12H2,1-2H3. The minimum atomic E-state index is -0.720. The molecule has 0 saturated heterocycles. The van der Waals surface area contributed by atoms with Gasteiger partial charge in [0.1, 0.15) is 5.75 Å². The molecule has 0 fully saturated rings. The molecule has 0 saturated carbocycles. The molecule has 0 aromatic heterocycles. The Kier molecular flexibility index (Phi) is 4.88. The molecular formula is C22H21NO6. The SMILES string of the molecule is CC(C)COc1ccc(C2=C(O)C(=O)N(Cc3ccc4c(c3)OCO4)C2=O)cc1. The Morgan fingerprint density at radius 3 is 2.48 bits per heavy atom. The number of hydrogen-bond donors (Lipinski definition) is 1. The van der Waals surface area contributed by atoms with Gasteiger partial charge in [0.05, 0.1) is 18.7 Å². The fourth-order valence-electron chi connectivity index (χ4n) is 3.17. The van der Waals surface area contributed by atoms with Crippen molar-refractivity contribution in [2.75, 3.05) is 13.4 Å². The number of hydrogen-bond acceptors (Lipinski definition) is 6. The Hall–Kier alpha value is -3.48. The lowest BCUT2D eigenvalue weighted by molar-refractivity contribution is -0.138. The van der Waals surface area contributed by atoms with Gasteiger partial charge in [-0.2, -0.15) is 0 Å². The predicted octanol–water partition coefficient (Wildman–Crippen LogP) is 3.29. The number of aliphatic hydroxyl groups is 1. The van der Waals surface area contributed by atoms with E-state index in [-0.39, 0.29) is 18.9 Å². The molecule has 4 rings (SSSR count). The summed E-state index contributed by atoms with van der Waals surface area (Å²) < 4.78 is 16.2. The van der Waals surface area contributed by atoms with E-state index in [9.17, 15) is 14.7 Å². The average Bonchev–Trinajstić information content (AvgIpc) is 3.25. The summed E-state index contributed by atoms with van der Waals surface area (Å²) in [6.07, 6.45) is 0. The van der Waals surface area contributed by atoms with E-state index in [0.29, 0.717) is 40.9 Å². The molecule has 2 amide bonds. The van der Waals surface area contributed by atoms with Crippen LogP contribution in [0, 0.1) is 5.92 Å². The van der Waals surface area contributed by atoms with Crippen molar-refractivity contribution in [2.24, 2.45) is 5.92 Å². The van der Waals surface area contributed by atoms with Crippen molar-refractivity contribution in [1.82, 2.24) is 4.90 Å². The van der Waals surface area contributed by atoms with Gasteiger partial charge in [-0.25, -0.2) is 0 Å². The van der Waals surface area contributed by atoms with Crippen molar-refractivity contribution in [3.63, 3.8) is 0 Å². The quantitative estimate of drug-likeness (QED) is 0.756. The molecule has 0 spiro atoms. The highest BCUT2D eigenvalue weighted by molar-refractivity contribution is 6.34. The van der Waals surface area contributed by atoms with Gasteiger partial charge in [-0.15, -0.1) is 0 Å². The van der Waals surface area contributed by atoms with Crippen molar-refractivity contribution >= 4 is 17.4 Å². The lowest BCUT2D eigenvalue weighted by Gasteiger charge is -2.15. The molecule has 0 radical (unpaired) electrons. The molecule has 2 heterocycles. The number of carbonyl (C=O) groups is 2. The number of benzene rings is 2. The molecule has 0 unspecified atom stereocenters. The van der Waals surface area contributed by atoms with Gasteiger partial charge >= 0.3 is 0 Å². The summed E-state index contributed by atoms with van der Waals surface area (Å²) >= 11 is 0. The number of nitrogens with zero attached hydrogens (tertiary/aromatic N) is 1. The molecule has 0 bridgehead atoms. The molecular weight excluding hydrogens is 374 g/mol. The van der Waals surface area contributed by atoms with Crippen LogP contribution in [-0.2, 0) is 16.1 Å². The van der Waals surface area contributed by atoms with Gasteiger partial charge in [0.15, 0.2) is 17.3 Å². The summed E-state index contributed by atoms with van der Waals surface area (Å²) in [6.45, 7) is 4.85. The third kappa shape index (κ3) is 3.63. The molecule has 2 aromatic carbocycles. The zero-order valence-corrected chi connectivity index (χ0v) is 16.2. The van der Waals surface area contributed by atoms with Crippen LogP contribution in [0.25, 0.3) is 5.57 Å². The van der Waals surface area contributed by atoms with E-state index in [4.69, 9.17) is 14.2 Å². The Morgan fingerprint density at radius 1 is 1.03 bits per heavy atom. The van der Waals surface area contributed by atoms with Crippen LogP contribution in [0.15, 0.2) is 48.2 Å². The monoisotopic (exact) mass is 395 g/mol. The fourth-order valence-corrected chi connectivity index (χ4v) is 3.17. The van der Waals surface area contributed by atoms with E-state index >= 15 is 0 Å². The Morgan fingerprint density at radius 2 is 1.76 bits per heavy atom. The van der Waals surface area contributed by atoms with Gasteiger partial charge in [0, 0.05) is 0 Å². The van der Waals surface area contributed by atoms with Crippen molar-refractivity contribution < 1.29 is 28.9 Å². The maximum Gasteiger partial charge on any atom is 0.296 e. The summed E-state index contributed by atoms with van der Waals surface area (Å²) in [7, 11) is 0. The highest BCUT2D eigenvalue weighted by Crippen LogP contribution is 2.34. The Bertz CT molecular complexity index is 993. The zero-order valence-electron chi connectivity index (χ0n) is 16.2. The fraction of sp³-hybridized carbons (Fsp3) is 0.273. The first kappa shape index (κ1) is 18.9. The topological polar surface area (TPSA) is 85.3 Å². The molecule has 7 heteroatoms. The lowest BCUT2D eigenvalue weighted by Crippen LogP contribution is -2.31. The minimum absolute atomic E-state index is 0.00819. The summed E-state index contributed by atoms with van der Waals surface area (Å²) in [5.41, 5.74) is 1.15. The van der Waals surface area contributed by atoms with Gasteiger partial charge in [-0.3, -0.25) is 14.5 Å². The van der Waals surface area contributed by atoms with Crippen LogP contribution in [0.5, 0.6) is 17.2 Å². The number of amides is 2. The first-order valence-electron chi connectivity index (χ1n) is 9.35. The molecule has 1 N–H and O–H groups in total. The normalized spacial score (nSPS) is 15.6. The second-order valence-electron chi connectivity index (χ2n) is 7.34. The zero-order chi connectivity index (χ0) is 20.5. The summed E-state index contributed by atoms with van der Waals surface area (Å²) in [6, 6.07) is 12.0. The van der Waals surface area contributed by atoms with Crippen LogP contribution in [0.2, 0.25) is 0 Å². The number of aliphatic hydroxyl groups excluding tert-OH is 1. The van der Waals surface area contributed by atoms with Crippen LogP contribution in [0.4, 0.5) is 0 Å². The smallest absolute Gasteiger partial charge is 0.296 e. The van der Waals surface area contributed by atoms with Crippen molar-refractivity contribution in [2.45, 2.75) is 20.4 Å². The number of imide groups is 1. The average molecular weight is 395 g/mol. The largest absolute Gasteiger partial charge is 0.502 e. The molecule has 0 aliphatic carbocycles. The van der Waals surface area contributed by atoms with Gasteiger partial charge in [0.2, 0.25) is 6.79 Å². The van der Waals surface area contributed by atoms with Crippen LogP contribution < -0.4 is 14.2 Å². The Balaban J connectivity index is 1.52. The van der Waals surface area contributed by atoms with E-state index in [1.54, 1.807) is 42.5 Å². The van der Waals surface area contributed by atoms with Crippen LogP contribution in [-0.4, -0.2) is 35.2 Å². The van der Waals surface area contributed by atoms with Gasteiger partial charge in [0.25, 0.3) is 11.8 Å². The molecule has 150 valence electrons. The number of carbonyl (C=O) groups excluding carboxylic acids is 2. The van der Waals surface area contributed by atoms with Crippen molar-refractivity contribution in [3.05, 3.63) is 59.4 Å². The molecule has 0 atom stereocenters. The predicted molar refractivity (Wildman–Crippen MR) is 104 cm³/mol. The van der Waals surface area contributed by atoms with Crippen molar-refractivity contribution in [1.29, 1.82) is 0 Å². The lowest BCUT2D eigenvalue weighted by atomic mass is 10.1. The molecule has 7 nitrogen and oxygen atoms in total. The third-order valence-electron chi connectivity index (χ3n) is 4.65. The summed E-state index contributed by atoms with van der Waals surface area (Å²) in [5.74, 6) is 0.428. The summed E-state index contributed by atoms with van der Waals surface area (Å²) in [4.78, 5) is 26.4. The van der Waals surface area contributed by atoms with E-state index in [1.165, 1.54) is 0 Å². The van der Waals surface area contributed by atoms with E-state index in [0.717, 1.165) is 4.90 Å².